The molecule has 5 nitrogen and oxygen atoms in total. The molecular formula is C19H20FN3O2. The molecule has 1 amide bonds. The molecule has 0 bridgehead atoms. The molecule has 0 atom stereocenters. The molecule has 130 valence electrons. The topological polar surface area (TPSA) is 52.5 Å². The molecule has 1 aliphatic rings. The number of piperazine rings is 1. The third-order valence-electron chi connectivity index (χ3n) is 4.76. The van der Waals surface area contributed by atoms with Crippen LogP contribution in [0.3, 0.4) is 0 Å². The fourth-order valence-corrected chi connectivity index (χ4v) is 3.39. The number of aromatic nitrogens is 1. The van der Waals surface area contributed by atoms with Crippen LogP contribution in [0.2, 0.25) is 0 Å². The van der Waals surface area contributed by atoms with Crippen molar-refractivity contribution in [2.45, 2.75) is 13.5 Å². The molecular weight excluding hydrogens is 321 g/mol. The Kier molecular flexibility index (Phi) is 4.05. The maximum absolute atomic E-state index is 13.5. The van der Waals surface area contributed by atoms with Crippen molar-refractivity contribution in [2.75, 3.05) is 26.2 Å². The smallest absolute Gasteiger partial charge is 0.270 e. The van der Waals surface area contributed by atoms with Gasteiger partial charge in [-0.3, -0.25) is 9.69 Å². The molecule has 1 N–H and O–H groups in total. The number of hydrogen-bond donors (Lipinski definition) is 1. The van der Waals surface area contributed by atoms with E-state index in [4.69, 9.17) is 4.42 Å². The number of H-pyrrole nitrogens is 1. The molecule has 1 aromatic carbocycles. The number of hydrogen-bond acceptors (Lipinski definition) is 3. The van der Waals surface area contributed by atoms with E-state index in [9.17, 15) is 9.18 Å². The summed E-state index contributed by atoms with van der Waals surface area (Å²) >= 11 is 0. The number of carbonyl (C=O) groups is 1. The lowest BCUT2D eigenvalue weighted by Crippen LogP contribution is -2.48. The van der Waals surface area contributed by atoms with E-state index >= 15 is 0 Å². The average molecular weight is 341 g/mol. The van der Waals surface area contributed by atoms with Gasteiger partial charge in [0.15, 0.2) is 0 Å². The third-order valence-corrected chi connectivity index (χ3v) is 4.76. The van der Waals surface area contributed by atoms with Gasteiger partial charge in [-0.05, 0) is 42.8 Å². The van der Waals surface area contributed by atoms with Gasteiger partial charge in [0.1, 0.15) is 17.3 Å². The zero-order valence-corrected chi connectivity index (χ0v) is 14.1. The van der Waals surface area contributed by atoms with Crippen LogP contribution in [0.4, 0.5) is 4.39 Å². The van der Waals surface area contributed by atoms with Gasteiger partial charge in [0, 0.05) is 37.1 Å². The predicted molar refractivity (Wildman–Crippen MR) is 92.9 cm³/mol. The molecule has 6 heteroatoms. The highest BCUT2D eigenvalue weighted by atomic mass is 19.1. The Morgan fingerprint density at radius 1 is 1.24 bits per heavy atom. The Labute approximate surface area is 145 Å². The summed E-state index contributed by atoms with van der Waals surface area (Å²) in [4.78, 5) is 19.9. The highest BCUT2D eigenvalue weighted by Gasteiger charge is 2.24. The minimum Gasteiger partial charge on any atom is -0.468 e. The van der Waals surface area contributed by atoms with Gasteiger partial charge in [0.05, 0.1) is 12.8 Å². The second-order valence-corrected chi connectivity index (χ2v) is 6.51. The van der Waals surface area contributed by atoms with Crippen LogP contribution in [0.1, 0.15) is 21.8 Å². The number of furan rings is 1. The van der Waals surface area contributed by atoms with Crippen LogP contribution in [-0.2, 0) is 6.54 Å². The summed E-state index contributed by atoms with van der Waals surface area (Å²) in [5.41, 5.74) is 2.01. The summed E-state index contributed by atoms with van der Waals surface area (Å²) in [5, 5.41) is 0.890. The average Bonchev–Trinajstić information content (AvgIpc) is 3.24. The number of fused-ring (bicyclic) bond motifs is 1. The Hall–Kier alpha value is -2.60. The van der Waals surface area contributed by atoms with Crippen molar-refractivity contribution in [1.82, 2.24) is 14.8 Å². The second-order valence-electron chi connectivity index (χ2n) is 6.51. The number of nitrogens with zero attached hydrogens (tertiary/aromatic N) is 2. The van der Waals surface area contributed by atoms with E-state index in [1.807, 2.05) is 30.0 Å². The molecule has 1 aliphatic heterocycles. The molecule has 1 fully saturated rings. The van der Waals surface area contributed by atoms with Gasteiger partial charge in [-0.1, -0.05) is 0 Å². The van der Waals surface area contributed by atoms with Crippen molar-refractivity contribution < 1.29 is 13.6 Å². The van der Waals surface area contributed by atoms with E-state index in [2.05, 4.69) is 9.88 Å². The van der Waals surface area contributed by atoms with E-state index in [1.165, 1.54) is 12.1 Å². The molecule has 0 unspecified atom stereocenters. The van der Waals surface area contributed by atoms with Crippen molar-refractivity contribution in [2.24, 2.45) is 0 Å². The van der Waals surface area contributed by atoms with Crippen LogP contribution >= 0.6 is 0 Å². The lowest BCUT2D eigenvalue weighted by atomic mass is 10.1. The minimum atomic E-state index is -0.294. The van der Waals surface area contributed by atoms with Crippen molar-refractivity contribution in [3.05, 3.63) is 59.4 Å². The molecule has 3 aromatic rings. The molecule has 0 saturated carbocycles. The van der Waals surface area contributed by atoms with E-state index in [1.54, 1.807) is 6.26 Å². The summed E-state index contributed by atoms with van der Waals surface area (Å²) in [5.74, 6) is 0.610. The molecule has 3 heterocycles. The Morgan fingerprint density at radius 3 is 2.76 bits per heavy atom. The van der Waals surface area contributed by atoms with Crippen LogP contribution in [-0.4, -0.2) is 46.9 Å². The van der Waals surface area contributed by atoms with Gasteiger partial charge in [-0.25, -0.2) is 4.39 Å². The van der Waals surface area contributed by atoms with Crippen LogP contribution in [0.25, 0.3) is 10.9 Å². The molecule has 1 saturated heterocycles. The van der Waals surface area contributed by atoms with Crippen LogP contribution in [0.15, 0.2) is 41.0 Å². The van der Waals surface area contributed by atoms with Crippen molar-refractivity contribution in [1.29, 1.82) is 0 Å². The lowest BCUT2D eigenvalue weighted by molar-refractivity contribution is 0.0615. The first-order valence-corrected chi connectivity index (χ1v) is 8.43. The van der Waals surface area contributed by atoms with Crippen molar-refractivity contribution in [3.8, 4) is 0 Å². The molecule has 0 aliphatic carbocycles. The van der Waals surface area contributed by atoms with Gasteiger partial charge in [0.25, 0.3) is 5.91 Å². The van der Waals surface area contributed by atoms with Crippen molar-refractivity contribution in [3.63, 3.8) is 0 Å². The van der Waals surface area contributed by atoms with E-state index < -0.39 is 0 Å². The summed E-state index contributed by atoms with van der Waals surface area (Å²) in [7, 11) is 0. The number of rotatable bonds is 3. The minimum absolute atomic E-state index is 0.0337. The van der Waals surface area contributed by atoms with E-state index in [-0.39, 0.29) is 11.7 Å². The highest BCUT2D eigenvalue weighted by molar-refractivity contribution is 5.98. The molecule has 2 aromatic heterocycles. The SMILES string of the molecule is Cc1cc(F)cc2[nH]c(C(=O)N3CCN(Cc4ccco4)CC3)cc12. The van der Waals surface area contributed by atoms with E-state index in [0.717, 1.165) is 36.3 Å². The van der Waals surface area contributed by atoms with E-state index in [0.29, 0.717) is 24.3 Å². The van der Waals surface area contributed by atoms with Crippen LogP contribution in [0.5, 0.6) is 0 Å². The van der Waals surface area contributed by atoms with Crippen LogP contribution in [0, 0.1) is 12.7 Å². The number of aryl methyl sites for hydroxylation is 1. The first-order chi connectivity index (χ1) is 12.1. The van der Waals surface area contributed by atoms with Gasteiger partial charge in [-0.2, -0.15) is 0 Å². The second kappa shape index (κ2) is 6.37. The summed E-state index contributed by atoms with van der Waals surface area (Å²) in [6, 6.07) is 8.58. The molecule has 0 spiro atoms. The summed E-state index contributed by atoms with van der Waals surface area (Å²) < 4.78 is 18.9. The largest absolute Gasteiger partial charge is 0.468 e. The van der Waals surface area contributed by atoms with Gasteiger partial charge in [0.2, 0.25) is 0 Å². The maximum Gasteiger partial charge on any atom is 0.270 e. The van der Waals surface area contributed by atoms with Crippen molar-refractivity contribution >= 4 is 16.8 Å². The number of halogens is 1. The highest BCUT2D eigenvalue weighted by Crippen LogP contribution is 2.22. The first kappa shape index (κ1) is 15.9. The van der Waals surface area contributed by atoms with Gasteiger partial charge < -0.3 is 14.3 Å². The third kappa shape index (κ3) is 3.17. The first-order valence-electron chi connectivity index (χ1n) is 8.43. The number of amides is 1. The van der Waals surface area contributed by atoms with Gasteiger partial charge >= 0.3 is 0 Å². The Morgan fingerprint density at radius 2 is 2.04 bits per heavy atom. The number of carbonyl (C=O) groups excluding carboxylic acids is 1. The zero-order valence-electron chi connectivity index (χ0n) is 14.1. The Balaban J connectivity index is 1.44. The number of benzene rings is 1. The fraction of sp³-hybridized carbons (Fsp3) is 0.316. The summed E-state index contributed by atoms with van der Waals surface area (Å²) in [6.07, 6.45) is 1.68. The standard InChI is InChI=1S/C19H20FN3O2/c1-13-9-14(20)10-17-16(13)11-18(21-17)19(24)23-6-4-22(5-7-23)12-15-3-2-8-25-15/h2-3,8-11,21H,4-7,12H2,1H3. The predicted octanol–water partition coefficient (Wildman–Crippen LogP) is 3.17. The molecule has 25 heavy (non-hydrogen) atoms. The molecule has 0 radical (unpaired) electrons. The normalized spacial score (nSPS) is 15.8. The van der Waals surface area contributed by atoms with Crippen LogP contribution < -0.4 is 0 Å². The number of nitrogens with one attached hydrogen (secondary N) is 1. The monoisotopic (exact) mass is 341 g/mol. The van der Waals surface area contributed by atoms with Gasteiger partial charge in [-0.15, -0.1) is 0 Å². The molecule has 4 rings (SSSR count). The quantitative estimate of drug-likeness (QED) is 0.796. The maximum atomic E-state index is 13.5. The number of aromatic amines is 1. The fourth-order valence-electron chi connectivity index (χ4n) is 3.39. The lowest BCUT2D eigenvalue weighted by Gasteiger charge is -2.34. The zero-order chi connectivity index (χ0) is 17.4. The Bertz CT molecular complexity index is 893. The summed E-state index contributed by atoms with van der Waals surface area (Å²) in [6.45, 7) is 5.56.